The molecular weight excluding hydrogens is 428 g/mol. The summed E-state index contributed by atoms with van der Waals surface area (Å²) in [5, 5.41) is 25.8. The molecule has 0 aliphatic carbocycles. The van der Waals surface area contributed by atoms with E-state index in [-0.39, 0.29) is 12.0 Å². The van der Waals surface area contributed by atoms with Gasteiger partial charge in [0.1, 0.15) is 5.75 Å². The topological polar surface area (TPSA) is 137 Å². The molecule has 10 nitrogen and oxygen atoms in total. The second-order valence-corrected chi connectivity index (χ2v) is 7.48. The molecule has 0 radical (unpaired) electrons. The van der Waals surface area contributed by atoms with E-state index in [0.29, 0.717) is 6.61 Å². The first kappa shape index (κ1) is 25.4. The number of nitrogens with zero attached hydrogens (tertiary/aromatic N) is 3. The van der Waals surface area contributed by atoms with Gasteiger partial charge in [0, 0.05) is 11.6 Å². The summed E-state index contributed by atoms with van der Waals surface area (Å²) in [6.45, 7) is 2.87. The van der Waals surface area contributed by atoms with Crippen LogP contribution in [0.15, 0.2) is 47.6 Å². The maximum absolute atomic E-state index is 12.1. The second kappa shape index (κ2) is 13.6. The number of benzene rings is 2. The number of ether oxygens (including phenoxy) is 1. The molecule has 0 saturated heterocycles. The number of hydrazone groups is 1. The number of carbonyl (C=O) groups is 1. The van der Waals surface area contributed by atoms with Gasteiger partial charge in [-0.05, 0) is 42.3 Å². The summed E-state index contributed by atoms with van der Waals surface area (Å²) in [5.41, 5.74) is 2.20. The lowest BCUT2D eigenvalue weighted by Crippen LogP contribution is -2.20. The van der Waals surface area contributed by atoms with Crippen molar-refractivity contribution in [2.24, 2.45) is 5.10 Å². The molecule has 0 aliphatic rings. The summed E-state index contributed by atoms with van der Waals surface area (Å²) >= 11 is 0. The van der Waals surface area contributed by atoms with Crippen LogP contribution in [-0.4, -0.2) is 28.6 Å². The van der Waals surface area contributed by atoms with E-state index in [2.05, 4.69) is 17.5 Å². The van der Waals surface area contributed by atoms with Crippen molar-refractivity contribution >= 4 is 23.5 Å². The second-order valence-electron chi connectivity index (χ2n) is 7.48. The average Bonchev–Trinajstić information content (AvgIpc) is 2.79. The van der Waals surface area contributed by atoms with Crippen LogP contribution in [0.3, 0.4) is 0 Å². The van der Waals surface area contributed by atoms with E-state index in [1.54, 1.807) is 12.1 Å². The van der Waals surface area contributed by atoms with E-state index in [1.807, 2.05) is 12.1 Å². The van der Waals surface area contributed by atoms with Crippen LogP contribution in [0.5, 0.6) is 5.75 Å². The first-order valence-electron chi connectivity index (χ1n) is 10.9. The zero-order valence-corrected chi connectivity index (χ0v) is 18.6. The van der Waals surface area contributed by atoms with Gasteiger partial charge in [-0.15, -0.1) is 0 Å². The minimum absolute atomic E-state index is 0.0603. The van der Waals surface area contributed by atoms with Crippen LogP contribution in [-0.2, 0) is 11.2 Å². The van der Waals surface area contributed by atoms with Gasteiger partial charge in [0.05, 0.1) is 35.2 Å². The Bertz CT molecular complexity index is 975. The Morgan fingerprint density at radius 3 is 2.36 bits per heavy atom. The Hall–Kier alpha value is -3.82. The number of hydrogen-bond donors (Lipinski definition) is 1. The zero-order valence-electron chi connectivity index (χ0n) is 18.6. The van der Waals surface area contributed by atoms with Crippen LogP contribution in [0.1, 0.15) is 56.6 Å². The highest BCUT2D eigenvalue weighted by atomic mass is 16.6. The van der Waals surface area contributed by atoms with E-state index in [1.165, 1.54) is 38.0 Å². The summed E-state index contributed by atoms with van der Waals surface area (Å²) in [5.74, 6) is 0.178. The molecular formula is C23H28N4O6. The largest absolute Gasteiger partial charge is 0.494 e. The van der Waals surface area contributed by atoms with Crippen LogP contribution in [0.4, 0.5) is 11.4 Å². The number of nitro benzene ring substituents is 2. The zero-order chi connectivity index (χ0) is 24.1. The number of nitrogens with one attached hydrogen (secondary N) is 1. The number of amides is 1. The number of carbonyl (C=O) groups excluding carboxylic acids is 1. The highest BCUT2D eigenvalue weighted by molar-refractivity contribution is 5.84. The standard InChI is InChI=1S/C23H28N4O6/c1-2-3-4-5-6-7-14-33-21-12-8-18(9-13-21)17-24-25-23(28)15-19-10-11-20(26(29)30)16-22(19)27(31)32/h8-13,16-17H,2-7,14-15H2,1H3,(H,25,28)/b24-17+. The molecule has 176 valence electrons. The van der Waals surface area contributed by atoms with Crippen LogP contribution in [0, 0.1) is 20.2 Å². The van der Waals surface area contributed by atoms with Crippen molar-refractivity contribution in [1.29, 1.82) is 0 Å². The van der Waals surface area contributed by atoms with Gasteiger partial charge in [-0.2, -0.15) is 5.10 Å². The third-order valence-corrected chi connectivity index (χ3v) is 4.88. The molecule has 33 heavy (non-hydrogen) atoms. The van der Waals surface area contributed by atoms with Crippen molar-refractivity contribution in [3.8, 4) is 5.75 Å². The molecule has 2 rings (SSSR count). The number of rotatable bonds is 14. The Balaban J connectivity index is 1.80. The fourth-order valence-corrected chi connectivity index (χ4v) is 3.10. The minimum atomic E-state index is -0.755. The Morgan fingerprint density at radius 1 is 1.00 bits per heavy atom. The lowest BCUT2D eigenvalue weighted by Gasteiger charge is -2.06. The van der Waals surface area contributed by atoms with E-state index in [4.69, 9.17) is 4.74 Å². The van der Waals surface area contributed by atoms with E-state index >= 15 is 0 Å². The third-order valence-electron chi connectivity index (χ3n) is 4.88. The van der Waals surface area contributed by atoms with E-state index in [0.717, 1.165) is 36.3 Å². The van der Waals surface area contributed by atoms with Gasteiger partial charge in [0.2, 0.25) is 5.91 Å². The summed E-state index contributed by atoms with van der Waals surface area (Å²) in [6, 6.07) is 10.4. The van der Waals surface area contributed by atoms with Gasteiger partial charge in [-0.1, -0.05) is 39.0 Å². The fraction of sp³-hybridized carbons (Fsp3) is 0.391. The van der Waals surface area contributed by atoms with Crippen molar-refractivity contribution in [2.75, 3.05) is 6.61 Å². The third kappa shape index (κ3) is 9.06. The number of unbranched alkanes of at least 4 members (excludes halogenated alkanes) is 5. The molecule has 10 heteroatoms. The number of nitro groups is 2. The lowest BCUT2D eigenvalue weighted by atomic mass is 10.1. The summed E-state index contributed by atoms with van der Waals surface area (Å²) in [4.78, 5) is 32.5. The van der Waals surface area contributed by atoms with Gasteiger partial charge in [-0.25, -0.2) is 5.43 Å². The quantitative estimate of drug-likeness (QED) is 0.185. The molecule has 0 unspecified atom stereocenters. The van der Waals surface area contributed by atoms with Crippen molar-refractivity contribution in [3.05, 3.63) is 73.8 Å². The van der Waals surface area contributed by atoms with Gasteiger partial charge in [0.15, 0.2) is 0 Å². The molecule has 0 bridgehead atoms. The molecule has 0 spiro atoms. The summed E-state index contributed by atoms with van der Waals surface area (Å²) < 4.78 is 5.72. The summed E-state index contributed by atoms with van der Waals surface area (Å²) in [7, 11) is 0. The number of hydrogen-bond acceptors (Lipinski definition) is 7. The van der Waals surface area contributed by atoms with Crippen molar-refractivity contribution in [1.82, 2.24) is 5.43 Å². The van der Waals surface area contributed by atoms with Crippen molar-refractivity contribution in [3.63, 3.8) is 0 Å². The predicted molar refractivity (Wildman–Crippen MR) is 125 cm³/mol. The van der Waals surface area contributed by atoms with E-state index < -0.39 is 27.1 Å². The Morgan fingerprint density at radius 2 is 1.70 bits per heavy atom. The lowest BCUT2D eigenvalue weighted by molar-refractivity contribution is -0.394. The Labute approximate surface area is 191 Å². The molecule has 1 amide bonds. The maximum atomic E-state index is 12.1. The number of non-ortho nitro benzene ring substituents is 1. The van der Waals surface area contributed by atoms with Gasteiger partial charge in [-0.3, -0.25) is 25.0 Å². The van der Waals surface area contributed by atoms with Gasteiger partial charge >= 0.3 is 0 Å². The fourth-order valence-electron chi connectivity index (χ4n) is 3.10. The van der Waals surface area contributed by atoms with Crippen LogP contribution < -0.4 is 10.2 Å². The molecule has 2 aromatic rings. The smallest absolute Gasteiger partial charge is 0.279 e. The Kier molecular flexibility index (Phi) is 10.5. The van der Waals surface area contributed by atoms with Crippen LogP contribution >= 0.6 is 0 Å². The molecule has 1 N–H and O–H groups in total. The molecule has 0 heterocycles. The van der Waals surface area contributed by atoms with Crippen molar-refractivity contribution in [2.45, 2.75) is 51.9 Å². The molecule has 0 saturated carbocycles. The average molecular weight is 456 g/mol. The normalized spacial score (nSPS) is 10.8. The highest BCUT2D eigenvalue weighted by Gasteiger charge is 2.20. The van der Waals surface area contributed by atoms with Crippen molar-refractivity contribution < 1.29 is 19.4 Å². The van der Waals surface area contributed by atoms with E-state index in [9.17, 15) is 25.0 Å². The predicted octanol–water partition coefficient (Wildman–Crippen LogP) is 4.94. The van der Waals surface area contributed by atoms with Gasteiger partial charge < -0.3 is 4.74 Å². The highest BCUT2D eigenvalue weighted by Crippen LogP contribution is 2.25. The van der Waals surface area contributed by atoms with Crippen LogP contribution in [0.2, 0.25) is 0 Å². The minimum Gasteiger partial charge on any atom is -0.494 e. The SMILES string of the molecule is CCCCCCCCOc1ccc(/C=N/NC(=O)Cc2ccc([N+](=O)[O-])cc2[N+](=O)[O-])cc1. The molecule has 0 fully saturated rings. The maximum Gasteiger partial charge on any atom is 0.279 e. The van der Waals surface area contributed by atoms with Crippen LogP contribution in [0.25, 0.3) is 0 Å². The molecule has 0 aromatic heterocycles. The summed E-state index contributed by atoms with van der Waals surface area (Å²) in [6.07, 6.45) is 8.30. The monoisotopic (exact) mass is 456 g/mol. The van der Waals surface area contributed by atoms with Gasteiger partial charge in [0.25, 0.3) is 11.4 Å². The first-order chi connectivity index (χ1) is 15.9. The first-order valence-corrected chi connectivity index (χ1v) is 10.9. The molecule has 2 aromatic carbocycles. The molecule has 0 atom stereocenters. The molecule has 0 aliphatic heterocycles.